The van der Waals surface area contributed by atoms with Crippen molar-refractivity contribution in [2.45, 2.75) is 60.6 Å². The lowest BCUT2D eigenvalue weighted by atomic mass is 10.1. The number of ether oxygens (including phenoxy) is 1. The monoisotopic (exact) mass is 427 g/mol. The van der Waals surface area contributed by atoms with Crippen molar-refractivity contribution < 1.29 is 18.7 Å². The van der Waals surface area contributed by atoms with Crippen LogP contribution in [0, 0.1) is 19.7 Å². The average Bonchev–Trinajstić information content (AvgIpc) is 3.04. The predicted octanol–water partition coefficient (Wildman–Crippen LogP) is 5.00. The van der Waals surface area contributed by atoms with Gasteiger partial charge >= 0.3 is 5.97 Å². The maximum absolute atomic E-state index is 13.4. The molecule has 0 saturated carbocycles. The van der Waals surface area contributed by atoms with Gasteiger partial charge in [-0.25, -0.2) is 14.2 Å². The molecule has 0 saturated heterocycles. The van der Waals surface area contributed by atoms with Crippen molar-refractivity contribution in [3.05, 3.63) is 70.4 Å². The van der Waals surface area contributed by atoms with E-state index in [9.17, 15) is 14.0 Å². The zero-order valence-corrected chi connectivity index (χ0v) is 19.2. The number of carbonyl (C=O) groups excluding carboxylic acids is 2. The number of amides is 1. The highest BCUT2D eigenvalue weighted by molar-refractivity contribution is 6.01. The summed E-state index contributed by atoms with van der Waals surface area (Å²) in [6.45, 7) is 13.0. The maximum atomic E-state index is 13.4. The summed E-state index contributed by atoms with van der Waals surface area (Å²) in [5.74, 6) is -1.12. The fourth-order valence-electron chi connectivity index (χ4n) is 3.02. The highest BCUT2D eigenvalue weighted by Gasteiger charge is 2.25. The topological polar surface area (TPSA) is 72.7 Å². The van der Waals surface area contributed by atoms with E-state index in [4.69, 9.17) is 4.74 Å². The first-order valence-corrected chi connectivity index (χ1v) is 10.3. The van der Waals surface area contributed by atoms with Crippen LogP contribution in [0.3, 0.4) is 0 Å². The van der Waals surface area contributed by atoms with Crippen LogP contribution in [0.15, 0.2) is 36.5 Å². The summed E-state index contributed by atoms with van der Waals surface area (Å²) in [6.07, 6.45) is 1.68. The molecule has 0 bridgehead atoms. The Balaban J connectivity index is 0.00000166. The summed E-state index contributed by atoms with van der Waals surface area (Å²) in [5, 5.41) is 2.82. The van der Waals surface area contributed by atoms with Crippen molar-refractivity contribution in [3.8, 4) is 0 Å². The van der Waals surface area contributed by atoms with E-state index in [1.165, 1.54) is 6.07 Å². The first kappa shape index (κ1) is 24.1. The molecule has 0 unspecified atom stereocenters. The van der Waals surface area contributed by atoms with Crippen molar-refractivity contribution in [3.63, 3.8) is 0 Å². The molecule has 0 spiro atoms. The second-order valence-corrected chi connectivity index (χ2v) is 7.93. The lowest BCUT2D eigenvalue weighted by Gasteiger charge is -2.19. The molecule has 6 nitrogen and oxygen atoms in total. The SMILES string of the molecule is CC.Cc1cc(CNC(=O)c2cccn3c(C(=O)OC(C)(C)C)c(C)nc23)ccc1F. The molecule has 31 heavy (non-hydrogen) atoms. The van der Waals surface area contributed by atoms with Gasteiger partial charge in [-0.1, -0.05) is 26.0 Å². The minimum atomic E-state index is -0.643. The van der Waals surface area contributed by atoms with Crippen LogP contribution in [-0.4, -0.2) is 26.9 Å². The Morgan fingerprint density at radius 1 is 1.16 bits per heavy atom. The normalized spacial score (nSPS) is 11.0. The largest absolute Gasteiger partial charge is 0.455 e. The van der Waals surface area contributed by atoms with E-state index in [-0.39, 0.29) is 18.3 Å². The lowest BCUT2D eigenvalue weighted by molar-refractivity contribution is 0.00606. The molecule has 3 aromatic rings. The standard InChI is InChI=1S/C22H24FN3O3.C2H6/c1-13-11-15(8-9-17(13)23)12-24-20(27)16-7-6-10-26-18(14(2)25-19(16)26)21(28)29-22(3,4)5;1-2/h6-11H,12H2,1-5H3,(H,24,27);1-2H3. The van der Waals surface area contributed by atoms with Gasteiger partial charge in [-0.05, 0) is 63.9 Å². The average molecular weight is 428 g/mol. The molecule has 7 heteroatoms. The van der Waals surface area contributed by atoms with Crippen LogP contribution in [0.25, 0.3) is 5.65 Å². The maximum Gasteiger partial charge on any atom is 0.357 e. The number of halogens is 1. The Labute approximate surface area is 182 Å². The summed E-state index contributed by atoms with van der Waals surface area (Å²) in [7, 11) is 0. The second-order valence-electron chi connectivity index (χ2n) is 7.93. The molecule has 2 aromatic heterocycles. The van der Waals surface area contributed by atoms with Gasteiger partial charge in [-0.15, -0.1) is 0 Å². The summed E-state index contributed by atoms with van der Waals surface area (Å²) >= 11 is 0. The van der Waals surface area contributed by atoms with Gasteiger partial charge in [-0.2, -0.15) is 0 Å². The fraction of sp³-hybridized carbons (Fsp3) is 0.375. The number of nitrogens with one attached hydrogen (secondary N) is 1. The molecule has 0 fully saturated rings. The van der Waals surface area contributed by atoms with Crippen molar-refractivity contribution in [1.29, 1.82) is 0 Å². The molecule has 0 aliphatic rings. The quantitative estimate of drug-likeness (QED) is 0.595. The number of nitrogens with zero attached hydrogens (tertiary/aromatic N) is 2. The Morgan fingerprint density at radius 3 is 2.45 bits per heavy atom. The van der Waals surface area contributed by atoms with E-state index in [1.54, 1.807) is 69.5 Å². The number of benzene rings is 1. The molecule has 1 N–H and O–H groups in total. The van der Waals surface area contributed by atoms with E-state index in [0.29, 0.717) is 28.2 Å². The van der Waals surface area contributed by atoms with Gasteiger partial charge in [0.25, 0.3) is 5.91 Å². The van der Waals surface area contributed by atoms with Gasteiger partial charge < -0.3 is 10.1 Å². The van der Waals surface area contributed by atoms with Crippen LogP contribution in [0.1, 0.15) is 72.3 Å². The van der Waals surface area contributed by atoms with E-state index in [2.05, 4.69) is 10.3 Å². The molecule has 2 heterocycles. The zero-order valence-electron chi connectivity index (χ0n) is 19.2. The molecule has 166 valence electrons. The molecule has 0 atom stereocenters. The van der Waals surface area contributed by atoms with Crippen molar-refractivity contribution in [2.24, 2.45) is 0 Å². The van der Waals surface area contributed by atoms with E-state index < -0.39 is 11.6 Å². The lowest BCUT2D eigenvalue weighted by Crippen LogP contribution is -2.25. The second kappa shape index (κ2) is 9.73. The predicted molar refractivity (Wildman–Crippen MR) is 119 cm³/mol. The third kappa shape index (κ3) is 5.69. The number of aryl methyl sites for hydroxylation is 2. The molecule has 1 amide bonds. The number of fused-ring (bicyclic) bond motifs is 1. The van der Waals surface area contributed by atoms with Gasteiger partial charge in [0.1, 0.15) is 11.4 Å². The Morgan fingerprint density at radius 2 is 1.84 bits per heavy atom. The summed E-state index contributed by atoms with van der Waals surface area (Å²) in [5.41, 5.74) is 2.15. The van der Waals surface area contributed by atoms with Gasteiger partial charge in [0.15, 0.2) is 11.3 Å². The number of carbonyl (C=O) groups is 2. The highest BCUT2D eigenvalue weighted by atomic mass is 19.1. The minimum Gasteiger partial charge on any atom is -0.455 e. The Kier molecular flexibility index (Phi) is 7.55. The highest BCUT2D eigenvalue weighted by Crippen LogP contribution is 2.20. The molecule has 0 aliphatic heterocycles. The van der Waals surface area contributed by atoms with E-state index >= 15 is 0 Å². The van der Waals surface area contributed by atoms with Crippen molar-refractivity contribution in [1.82, 2.24) is 14.7 Å². The Bertz CT molecular complexity index is 1100. The molecule has 3 rings (SSSR count). The molecule has 1 aromatic carbocycles. The van der Waals surface area contributed by atoms with Gasteiger partial charge in [0.2, 0.25) is 0 Å². The zero-order chi connectivity index (χ0) is 23.3. The van der Waals surface area contributed by atoms with Gasteiger partial charge in [0.05, 0.1) is 11.3 Å². The van der Waals surface area contributed by atoms with Crippen LogP contribution < -0.4 is 5.32 Å². The molecule has 0 radical (unpaired) electrons. The smallest absolute Gasteiger partial charge is 0.357 e. The molecule has 0 aliphatic carbocycles. The number of aromatic nitrogens is 2. The molecular weight excluding hydrogens is 397 g/mol. The minimum absolute atomic E-state index is 0.250. The van der Waals surface area contributed by atoms with Gasteiger partial charge in [0, 0.05) is 12.7 Å². The number of rotatable bonds is 4. The number of pyridine rings is 1. The number of hydrogen-bond donors (Lipinski definition) is 1. The van der Waals surface area contributed by atoms with E-state index in [0.717, 1.165) is 5.56 Å². The third-order valence-corrected chi connectivity index (χ3v) is 4.34. The van der Waals surface area contributed by atoms with Crippen LogP contribution >= 0.6 is 0 Å². The Hall–Kier alpha value is -3.22. The van der Waals surface area contributed by atoms with Crippen LogP contribution in [0.5, 0.6) is 0 Å². The van der Waals surface area contributed by atoms with Gasteiger partial charge in [-0.3, -0.25) is 9.20 Å². The van der Waals surface area contributed by atoms with E-state index in [1.807, 2.05) is 13.8 Å². The molecular formula is C24H30FN3O3. The third-order valence-electron chi connectivity index (χ3n) is 4.34. The first-order valence-electron chi connectivity index (χ1n) is 10.3. The number of imidazole rings is 1. The number of esters is 1. The summed E-state index contributed by atoms with van der Waals surface area (Å²) < 4.78 is 20.4. The van der Waals surface area contributed by atoms with Crippen molar-refractivity contribution >= 4 is 17.5 Å². The van der Waals surface area contributed by atoms with Crippen LogP contribution in [-0.2, 0) is 11.3 Å². The van der Waals surface area contributed by atoms with Crippen LogP contribution in [0.4, 0.5) is 4.39 Å². The first-order chi connectivity index (χ1) is 14.6. The summed E-state index contributed by atoms with van der Waals surface area (Å²) in [4.78, 5) is 29.8. The van der Waals surface area contributed by atoms with Crippen molar-refractivity contribution in [2.75, 3.05) is 0 Å². The summed E-state index contributed by atoms with van der Waals surface area (Å²) in [6, 6.07) is 8.02. The fourth-order valence-corrected chi connectivity index (χ4v) is 3.02. The number of hydrogen-bond acceptors (Lipinski definition) is 4. The van der Waals surface area contributed by atoms with Crippen LogP contribution in [0.2, 0.25) is 0 Å².